The van der Waals surface area contributed by atoms with E-state index in [2.05, 4.69) is 27.1 Å². The number of anilines is 2. The van der Waals surface area contributed by atoms with Crippen LogP contribution in [-0.4, -0.2) is 34.5 Å². The van der Waals surface area contributed by atoms with E-state index in [4.69, 9.17) is 11.5 Å². The van der Waals surface area contributed by atoms with E-state index in [-0.39, 0.29) is 11.9 Å². The molecule has 1 aromatic heterocycles. The molecule has 1 fully saturated rings. The molecule has 3 rings (SSSR count). The van der Waals surface area contributed by atoms with Crippen LogP contribution >= 0.6 is 0 Å². The maximum atomic E-state index is 12.1. The van der Waals surface area contributed by atoms with Gasteiger partial charge in [0.2, 0.25) is 11.9 Å². The van der Waals surface area contributed by atoms with E-state index in [9.17, 15) is 9.59 Å². The quantitative estimate of drug-likeness (QED) is 0.684. The zero-order valence-electron chi connectivity index (χ0n) is 14.0. The molecule has 0 radical (unpaired) electrons. The van der Waals surface area contributed by atoms with Crippen molar-refractivity contribution >= 4 is 23.6 Å². The molecule has 5 N–H and O–H groups in total. The van der Waals surface area contributed by atoms with Gasteiger partial charge in [-0.1, -0.05) is 17.9 Å². The molecule has 0 saturated carbocycles. The van der Waals surface area contributed by atoms with Crippen molar-refractivity contribution in [1.82, 2.24) is 15.3 Å². The summed E-state index contributed by atoms with van der Waals surface area (Å²) >= 11 is 0. The van der Waals surface area contributed by atoms with Gasteiger partial charge in [0.1, 0.15) is 6.04 Å². The number of nitrogen functional groups attached to an aromatic ring is 1. The first kappa shape index (κ1) is 17.2. The molecule has 1 aliphatic rings. The van der Waals surface area contributed by atoms with Gasteiger partial charge in [0.05, 0.1) is 5.56 Å². The zero-order chi connectivity index (χ0) is 18.5. The van der Waals surface area contributed by atoms with Gasteiger partial charge in [-0.2, -0.15) is 0 Å². The van der Waals surface area contributed by atoms with Crippen LogP contribution in [-0.2, 0) is 4.79 Å². The minimum Gasteiger partial charge on any atom is -0.368 e. The molecule has 26 heavy (non-hydrogen) atoms. The van der Waals surface area contributed by atoms with Gasteiger partial charge >= 0.3 is 6.03 Å². The van der Waals surface area contributed by atoms with Gasteiger partial charge in [0.15, 0.2) is 0 Å². The fourth-order valence-corrected chi connectivity index (χ4v) is 2.74. The third kappa shape index (κ3) is 3.89. The van der Waals surface area contributed by atoms with Crippen LogP contribution in [0.3, 0.4) is 0 Å². The molecule has 1 aromatic carbocycles. The molecule has 0 spiro atoms. The number of carbonyl (C=O) groups is 2. The Kier molecular flexibility index (Phi) is 4.99. The zero-order valence-corrected chi connectivity index (χ0v) is 14.0. The summed E-state index contributed by atoms with van der Waals surface area (Å²) in [5.74, 6) is 5.88. The van der Waals surface area contributed by atoms with E-state index in [1.165, 1.54) is 17.3 Å². The number of nitrogens with one attached hydrogen (secondary N) is 1. The molecule has 3 amide bonds. The predicted molar refractivity (Wildman–Crippen MR) is 97.0 cm³/mol. The van der Waals surface area contributed by atoms with Crippen molar-refractivity contribution in [2.75, 3.05) is 17.2 Å². The van der Waals surface area contributed by atoms with Crippen molar-refractivity contribution in [2.24, 2.45) is 5.73 Å². The van der Waals surface area contributed by atoms with Crippen LogP contribution in [0, 0.1) is 11.8 Å². The molecular weight excluding hydrogens is 332 g/mol. The van der Waals surface area contributed by atoms with Gasteiger partial charge in [0.25, 0.3) is 0 Å². The van der Waals surface area contributed by atoms with Crippen LogP contribution in [0.4, 0.5) is 16.4 Å². The molecular formula is C18H18N6O2. The molecule has 2 heterocycles. The van der Waals surface area contributed by atoms with Gasteiger partial charge < -0.3 is 16.8 Å². The Balaban J connectivity index is 1.88. The third-order valence-corrected chi connectivity index (χ3v) is 3.95. The Hall–Kier alpha value is -3.60. The second-order valence-corrected chi connectivity index (χ2v) is 5.79. The van der Waals surface area contributed by atoms with Crippen LogP contribution in [0.25, 0.3) is 0 Å². The van der Waals surface area contributed by atoms with Crippen LogP contribution < -0.4 is 21.7 Å². The van der Waals surface area contributed by atoms with Crippen molar-refractivity contribution in [3.8, 4) is 11.8 Å². The maximum Gasteiger partial charge on any atom is 0.320 e. The summed E-state index contributed by atoms with van der Waals surface area (Å²) in [5.41, 5.74) is 12.8. The summed E-state index contributed by atoms with van der Waals surface area (Å²) < 4.78 is 0. The first-order chi connectivity index (χ1) is 12.5. The average molecular weight is 350 g/mol. The number of amides is 3. The number of rotatable bonds is 2. The molecule has 0 aliphatic carbocycles. The number of primary amides is 1. The summed E-state index contributed by atoms with van der Waals surface area (Å²) in [5, 5.41) is 2.76. The second kappa shape index (κ2) is 7.53. The number of aromatic nitrogens is 2. The highest BCUT2D eigenvalue weighted by molar-refractivity contribution is 5.99. The van der Waals surface area contributed by atoms with Crippen molar-refractivity contribution < 1.29 is 9.59 Å². The lowest BCUT2D eigenvalue weighted by molar-refractivity contribution is -0.123. The monoisotopic (exact) mass is 350 g/mol. The van der Waals surface area contributed by atoms with E-state index in [0.29, 0.717) is 29.8 Å². The largest absolute Gasteiger partial charge is 0.368 e. The van der Waals surface area contributed by atoms with Crippen LogP contribution in [0.2, 0.25) is 0 Å². The standard InChI is InChI=1S/C18H18N6O2/c19-17-22-10-13(11-23-17)7-6-12-3-1-4-14(9-12)24(18(20)26)15-5-2-8-21-16(15)25/h1,3-4,9-11,15H,2,5,8H2,(H2,20,26)(H,21,25)(H2,19,22,23). The molecule has 8 nitrogen and oxygen atoms in total. The highest BCUT2D eigenvalue weighted by Gasteiger charge is 2.31. The highest BCUT2D eigenvalue weighted by Crippen LogP contribution is 2.22. The Morgan fingerprint density at radius 1 is 1.23 bits per heavy atom. The lowest BCUT2D eigenvalue weighted by Gasteiger charge is -2.32. The number of hydrogen-bond acceptors (Lipinski definition) is 5. The molecule has 1 unspecified atom stereocenters. The average Bonchev–Trinajstić information content (AvgIpc) is 2.63. The van der Waals surface area contributed by atoms with E-state index in [1.807, 2.05) is 0 Å². The SMILES string of the molecule is NC(=O)N(c1cccc(C#Cc2cnc(N)nc2)c1)C1CCCNC1=O. The second-order valence-electron chi connectivity index (χ2n) is 5.79. The van der Waals surface area contributed by atoms with Crippen LogP contribution in [0.15, 0.2) is 36.7 Å². The lowest BCUT2D eigenvalue weighted by Crippen LogP contribution is -2.54. The maximum absolute atomic E-state index is 12.1. The summed E-state index contributed by atoms with van der Waals surface area (Å²) in [7, 11) is 0. The molecule has 1 aliphatic heterocycles. The summed E-state index contributed by atoms with van der Waals surface area (Å²) in [6.07, 6.45) is 4.41. The predicted octanol–water partition coefficient (Wildman–Crippen LogP) is 0.622. The molecule has 1 saturated heterocycles. The van der Waals surface area contributed by atoms with E-state index in [0.717, 1.165) is 6.42 Å². The number of urea groups is 1. The van der Waals surface area contributed by atoms with Gasteiger partial charge in [-0.25, -0.2) is 14.8 Å². The lowest BCUT2D eigenvalue weighted by atomic mass is 10.0. The first-order valence-electron chi connectivity index (χ1n) is 8.10. The fraction of sp³-hybridized carbons (Fsp3) is 0.222. The number of piperidine rings is 1. The Bertz CT molecular complexity index is 885. The van der Waals surface area contributed by atoms with Crippen molar-refractivity contribution in [2.45, 2.75) is 18.9 Å². The summed E-state index contributed by atoms with van der Waals surface area (Å²) in [6, 6.07) is 5.71. The van der Waals surface area contributed by atoms with Crippen LogP contribution in [0.5, 0.6) is 0 Å². The first-order valence-corrected chi connectivity index (χ1v) is 8.10. The van der Waals surface area contributed by atoms with Crippen molar-refractivity contribution in [3.05, 3.63) is 47.8 Å². The Morgan fingerprint density at radius 3 is 2.65 bits per heavy atom. The van der Waals surface area contributed by atoms with Gasteiger partial charge in [-0.05, 0) is 31.0 Å². The Labute approximate surface area is 150 Å². The third-order valence-electron chi connectivity index (χ3n) is 3.95. The minimum atomic E-state index is -0.677. The van der Waals surface area contributed by atoms with Crippen molar-refractivity contribution in [1.29, 1.82) is 0 Å². The minimum absolute atomic E-state index is 0.181. The Morgan fingerprint density at radius 2 is 1.96 bits per heavy atom. The van der Waals surface area contributed by atoms with Crippen LogP contribution in [0.1, 0.15) is 24.0 Å². The number of carbonyl (C=O) groups excluding carboxylic acids is 2. The van der Waals surface area contributed by atoms with E-state index in [1.54, 1.807) is 24.3 Å². The van der Waals surface area contributed by atoms with Gasteiger partial charge in [-0.3, -0.25) is 9.69 Å². The number of hydrogen-bond donors (Lipinski definition) is 3. The number of nitrogens with two attached hydrogens (primary N) is 2. The number of benzene rings is 1. The highest BCUT2D eigenvalue weighted by atomic mass is 16.2. The number of nitrogens with zero attached hydrogens (tertiary/aromatic N) is 3. The smallest absolute Gasteiger partial charge is 0.320 e. The molecule has 8 heteroatoms. The van der Waals surface area contributed by atoms with Gasteiger partial charge in [-0.15, -0.1) is 0 Å². The van der Waals surface area contributed by atoms with Gasteiger partial charge in [0, 0.05) is 30.2 Å². The summed E-state index contributed by atoms with van der Waals surface area (Å²) in [6.45, 7) is 0.608. The van der Waals surface area contributed by atoms with Crippen molar-refractivity contribution in [3.63, 3.8) is 0 Å². The normalized spacial score (nSPS) is 16.2. The van der Waals surface area contributed by atoms with E-state index >= 15 is 0 Å². The topological polar surface area (TPSA) is 127 Å². The molecule has 2 aromatic rings. The molecule has 1 atom stereocenters. The molecule has 0 bridgehead atoms. The fourth-order valence-electron chi connectivity index (χ4n) is 2.74. The molecule has 132 valence electrons. The summed E-state index contributed by atoms with van der Waals surface area (Å²) in [4.78, 5) is 33.2. The van der Waals surface area contributed by atoms with E-state index < -0.39 is 12.1 Å².